The Morgan fingerprint density at radius 1 is 1.37 bits per heavy atom. The summed E-state index contributed by atoms with van der Waals surface area (Å²) in [4.78, 5) is 16.0. The van der Waals surface area contributed by atoms with Gasteiger partial charge in [-0.25, -0.2) is 0 Å². The summed E-state index contributed by atoms with van der Waals surface area (Å²) >= 11 is 0. The fourth-order valence-corrected chi connectivity index (χ4v) is 2.96. The lowest BCUT2D eigenvalue weighted by Crippen LogP contribution is -2.34. The van der Waals surface area contributed by atoms with Crippen LogP contribution in [0.15, 0.2) is 12.7 Å². The molecule has 1 aromatic heterocycles. The molecule has 6 heteroatoms. The van der Waals surface area contributed by atoms with Gasteiger partial charge in [0.2, 0.25) is 5.91 Å². The highest BCUT2D eigenvalue weighted by molar-refractivity contribution is 5.87. The fraction of sp³-hybridized carbons (Fsp3) is 0.615. The standard InChI is InChI=1S/C13H19N5O/c1-3-12(19)17-6-4-5-10(17)13-15-14-11-9-16(2)7-8-18(11)13/h3,10H,1,4-9H2,2H3. The lowest BCUT2D eigenvalue weighted by atomic mass is 10.2. The summed E-state index contributed by atoms with van der Waals surface area (Å²) in [5.74, 6) is 1.94. The van der Waals surface area contributed by atoms with Crippen LogP contribution in [0.25, 0.3) is 0 Å². The molecule has 6 nitrogen and oxygen atoms in total. The second-order valence-electron chi connectivity index (χ2n) is 5.26. The lowest BCUT2D eigenvalue weighted by Gasteiger charge is -2.27. The van der Waals surface area contributed by atoms with Gasteiger partial charge in [0.1, 0.15) is 5.82 Å². The van der Waals surface area contributed by atoms with Crippen LogP contribution < -0.4 is 0 Å². The van der Waals surface area contributed by atoms with Crippen molar-refractivity contribution in [1.82, 2.24) is 24.6 Å². The summed E-state index contributed by atoms with van der Waals surface area (Å²) in [7, 11) is 2.08. The Balaban J connectivity index is 1.90. The maximum absolute atomic E-state index is 11.9. The van der Waals surface area contributed by atoms with E-state index in [1.165, 1.54) is 6.08 Å². The normalized spacial score (nSPS) is 23.4. The number of rotatable bonds is 2. The van der Waals surface area contributed by atoms with Crippen LogP contribution in [0, 0.1) is 0 Å². The summed E-state index contributed by atoms with van der Waals surface area (Å²) in [6.45, 7) is 7.10. The van der Waals surface area contributed by atoms with E-state index in [1.807, 2.05) is 4.90 Å². The number of hydrogen-bond donors (Lipinski definition) is 0. The molecule has 1 fully saturated rings. The van der Waals surface area contributed by atoms with Gasteiger partial charge in [0.05, 0.1) is 12.6 Å². The predicted molar refractivity (Wildman–Crippen MR) is 70.2 cm³/mol. The van der Waals surface area contributed by atoms with E-state index >= 15 is 0 Å². The van der Waals surface area contributed by atoms with Gasteiger partial charge in [0.25, 0.3) is 0 Å². The SMILES string of the molecule is C=CC(=O)N1CCCC1c1nnc2n1CCN(C)C2. The third-order valence-electron chi connectivity index (χ3n) is 3.98. The number of carbonyl (C=O) groups is 1. The van der Waals surface area contributed by atoms with Crippen LogP contribution in [0.2, 0.25) is 0 Å². The number of aromatic nitrogens is 3. The van der Waals surface area contributed by atoms with Crippen molar-refractivity contribution in [3.63, 3.8) is 0 Å². The maximum atomic E-state index is 11.9. The van der Waals surface area contributed by atoms with Gasteiger partial charge in [-0.2, -0.15) is 0 Å². The first-order valence-corrected chi connectivity index (χ1v) is 6.74. The van der Waals surface area contributed by atoms with E-state index < -0.39 is 0 Å². The molecular formula is C13H19N5O. The zero-order chi connectivity index (χ0) is 13.4. The molecule has 3 rings (SSSR count). The van der Waals surface area contributed by atoms with Gasteiger partial charge in [0.15, 0.2) is 5.82 Å². The molecule has 2 aliphatic heterocycles. The molecule has 1 unspecified atom stereocenters. The molecular weight excluding hydrogens is 242 g/mol. The molecule has 1 saturated heterocycles. The van der Waals surface area contributed by atoms with Crippen LogP contribution in [0.5, 0.6) is 0 Å². The van der Waals surface area contributed by atoms with E-state index in [2.05, 4.69) is 33.3 Å². The largest absolute Gasteiger partial charge is 0.329 e. The number of fused-ring (bicyclic) bond motifs is 1. The molecule has 102 valence electrons. The van der Waals surface area contributed by atoms with E-state index in [0.717, 1.165) is 50.7 Å². The van der Waals surface area contributed by atoms with Crippen molar-refractivity contribution in [2.75, 3.05) is 20.1 Å². The molecule has 0 radical (unpaired) electrons. The first-order valence-electron chi connectivity index (χ1n) is 6.74. The Morgan fingerprint density at radius 3 is 3.00 bits per heavy atom. The van der Waals surface area contributed by atoms with Gasteiger partial charge in [0, 0.05) is 19.6 Å². The molecule has 1 atom stereocenters. The van der Waals surface area contributed by atoms with Gasteiger partial charge >= 0.3 is 0 Å². The number of carbonyl (C=O) groups excluding carboxylic acids is 1. The second-order valence-corrected chi connectivity index (χ2v) is 5.26. The maximum Gasteiger partial charge on any atom is 0.246 e. The van der Waals surface area contributed by atoms with Crippen LogP contribution in [0.4, 0.5) is 0 Å². The molecule has 0 aromatic carbocycles. The highest BCUT2D eigenvalue weighted by Crippen LogP contribution is 2.32. The summed E-state index contributed by atoms with van der Waals surface area (Å²) in [5.41, 5.74) is 0. The van der Waals surface area contributed by atoms with E-state index in [-0.39, 0.29) is 11.9 Å². The summed E-state index contributed by atoms with van der Waals surface area (Å²) < 4.78 is 2.18. The monoisotopic (exact) mass is 261 g/mol. The third-order valence-corrected chi connectivity index (χ3v) is 3.98. The van der Waals surface area contributed by atoms with Gasteiger partial charge in [-0.05, 0) is 26.0 Å². The van der Waals surface area contributed by atoms with Gasteiger partial charge in [-0.3, -0.25) is 9.69 Å². The van der Waals surface area contributed by atoms with Crippen molar-refractivity contribution in [1.29, 1.82) is 0 Å². The molecule has 1 amide bonds. The summed E-state index contributed by atoms with van der Waals surface area (Å²) in [6.07, 6.45) is 3.37. The van der Waals surface area contributed by atoms with Crippen molar-refractivity contribution >= 4 is 5.91 Å². The molecule has 0 N–H and O–H groups in total. The smallest absolute Gasteiger partial charge is 0.246 e. The summed E-state index contributed by atoms with van der Waals surface area (Å²) in [5, 5.41) is 8.62. The highest BCUT2D eigenvalue weighted by Gasteiger charge is 2.33. The first-order chi connectivity index (χ1) is 9.20. The average molecular weight is 261 g/mol. The number of likely N-dealkylation sites (N-methyl/N-ethyl adjacent to an activating group) is 1. The van der Waals surface area contributed by atoms with Crippen LogP contribution in [-0.4, -0.2) is 50.6 Å². The minimum atomic E-state index is -0.00669. The van der Waals surface area contributed by atoms with Crippen molar-refractivity contribution in [3.8, 4) is 0 Å². The first kappa shape index (κ1) is 12.3. The minimum Gasteiger partial charge on any atom is -0.329 e. The zero-order valence-corrected chi connectivity index (χ0v) is 11.2. The second kappa shape index (κ2) is 4.77. The van der Waals surface area contributed by atoms with E-state index in [1.54, 1.807) is 0 Å². The van der Waals surface area contributed by atoms with Crippen molar-refractivity contribution in [3.05, 3.63) is 24.3 Å². The molecule has 0 bridgehead atoms. The van der Waals surface area contributed by atoms with E-state index in [0.29, 0.717) is 0 Å². The number of nitrogens with zero attached hydrogens (tertiary/aromatic N) is 5. The average Bonchev–Trinajstić information content (AvgIpc) is 3.02. The number of hydrogen-bond acceptors (Lipinski definition) is 4. The number of likely N-dealkylation sites (tertiary alicyclic amines) is 1. The molecule has 19 heavy (non-hydrogen) atoms. The highest BCUT2D eigenvalue weighted by atomic mass is 16.2. The van der Waals surface area contributed by atoms with Crippen LogP contribution in [0.3, 0.4) is 0 Å². The molecule has 2 aliphatic rings. The van der Waals surface area contributed by atoms with Crippen molar-refractivity contribution in [2.24, 2.45) is 0 Å². The molecule has 1 aromatic rings. The fourth-order valence-electron chi connectivity index (χ4n) is 2.96. The van der Waals surface area contributed by atoms with E-state index in [9.17, 15) is 4.79 Å². The molecule has 3 heterocycles. The number of amides is 1. The van der Waals surface area contributed by atoms with Gasteiger partial charge < -0.3 is 9.47 Å². The Labute approximate surface area is 112 Å². The summed E-state index contributed by atoms with van der Waals surface area (Å²) in [6, 6.07) is 0.0650. The predicted octanol–water partition coefficient (Wildman–Crippen LogP) is 0.573. The lowest BCUT2D eigenvalue weighted by molar-refractivity contribution is -0.127. The van der Waals surface area contributed by atoms with Crippen LogP contribution >= 0.6 is 0 Å². The Bertz CT molecular complexity index is 509. The zero-order valence-electron chi connectivity index (χ0n) is 11.2. The van der Waals surface area contributed by atoms with Gasteiger partial charge in [-0.15, -0.1) is 10.2 Å². The van der Waals surface area contributed by atoms with Crippen molar-refractivity contribution in [2.45, 2.75) is 32.0 Å². The minimum absolute atomic E-state index is 0.00669. The topological polar surface area (TPSA) is 54.3 Å². The third kappa shape index (κ3) is 2.06. The molecule has 0 spiro atoms. The van der Waals surface area contributed by atoms with E-state index in [4.69, 9.17) is 0 Å². The van der Waals surface area contributed by atoms with Crippen molar-refractivity contribution < 1.29 is 4.79 Å². The molecule has 0 saturated carbocycles. The molecule has 0 aliphatic carbocycles. The Hall–Kier alpha value is -1.69. The van der Waals surface area contributed by atoms with Crippen LogP contribution in [-0.2, 0) is 17.9 Å². The Morgan fingerprint density at radius 2 is 2.21 bits per heavy atom. The van der Waals surface area contributed by atoms with Gasteiger partial charge in [-0.1, -0.05) is 6.58 Å². The Kier molecular flexibility index (Phi) is 3.10. The quantitative estimate of drug-likeness (QED) is 0.731. The van der Waals surface area contributed by atoms with Crippen LogP contribution in [0.1, 0.15) is 30.5 Å².